The maximum Gasteiger partial charge on any atom is 0.264 e. The second-order valence-electron chi connectivity index (χ2n) is 3.57. The van der Waals surface area contributed by atoms with Gasteiger partial charge in [0, 0.05) is 11.8 Å². The largest absolute Gasteiger partial charge is 0.497 e. The first-order valence-corrected chi connectivity index (χ1v) is 5.15. The number of aromatic nitrogens is 2. The zero-order chi connectivity index (χ0) is 13.1. The smallest absolute Gasteiger partial charge is 0.264 e. The molecule has 2 aromatic rings. The molecule has 0 bridgehead atoms. The molecule has 1 heterocycles. The van der Waals surface area contributed by atoms with Crippen molar-refractivity contribution in [2.24, 2.45) is 5.73 Å². The van der Waals surface area contributed by atoms with Crippen LogP contribution in [0.15, 0.2) is 35.3 Å². The summed E-state index contributed by atoms with van der Waals surface area (Å²) >= 11 is 0. The molecular weight excluding hydrogens is 234 g/mol. The number of rotatable bonds is 3. The predicted molar refractivity (Wildman–Crippen MR) is 65.4 cm³/mol. The molecule has 18 heavy (non-hydrogen) atoms. The number of nitrogens with two attached hydrogens (primary N) is 1. The highest BCUT2D eigenvalue weighted by atomic mass is 16.5. The molecule has 1 aromatic carbocycles. The number of H-pyrrole nitrogens is 1. The van der Waals surface area contributed by atoms with Gasteiger partial charge in [-0.05, 0) is 12.1 Å². The van der Waals surface area contributed by atoms with Crippen LogP contribution < -0.4 is 16.0 Å². The monoisotopic (exact) mass is 245 g/mol. The SMILES string of the molecule is COc1cccc(-c2ncc(C(N)=O)c(=O)[nH]2)c1. The van der Waals surface area contributed by atoms with Gasteiger partial charge in [-0.3, -0.25) is 9.59 Å². The van der Waals surface area contributed by atoms with Crippen LogP contribution in [0.3, 0.4) is 0 Å². The van der Waals surface area contributed by atoms with Gasteiger partial charge in [-0.25, -0.2) is 4.98 Å². The Labute approximate surface area is 102 Å². The van der Waals surface area contributed by atoms with Gasteiger partial charge in [-0.1, -0.05) is 12.1 Å². The number of aromatic amines is 1. The quantitative estimate of drug-likeness (QED) is 0.824. The molecule has 6 heteroatoms. The lowest BCUT2D eigenvalue weighted by Gasteiger charge is -2.04. The summed E-state index contributed by atoms with van der Waals surface area (Å²) in [6.07, 6.45) is 1.16. The van der Waals surface area contributed by atoms with Crippen molar-refractivity contribution in [3.8, 4) is 17.1 Å². The van der Waals surface area contributed by atoms with Gasteiger partial charge in [-0.2, -0.15) is 0 Å². The summed E-state index contributed by atoms with van der Waals surface area (Å²) < 4.78 is 5.07. The van der Waals surface area contributed by atoms with E-state index in [1.807, 2.05) is 0 Å². The minimum absolute atomic E-state index is 0.165. The van der Waals surface area contributed by atoms with E-state index in [0.717, 1.165) is 6.20 Å². The number of carbonyl (C=O) groups excluding carboxylic acids is 1. The lowest BCUT2D eigenvalue weighted by Crippen LogP contribution is -2.24. The third-order valence-corrected chi connectivity index (χ3v) is 2.41. The molecule has 0 radical (unpaired) electrons. The van der Waals surface area contributed by atoms with Crippen molar-refractivity contribution in [2.45, 2.75) is 0 Å². The van der Waals surface area contributed by atoms with Gasteiger partial charge in [0.25, 0.3) is 11.5 Å². The Bertz CT molecular complexity index is 649. The van der Waals surface area contributed by atoms with E-state index < -0.39 is 11.5 Å². The second kappa shape index (κ2) is 4.70. The van der Waals surface area contributed by atoms with Crippen molar-refractivity contribution < 1.29 is 9.53 Å². The average molecular weight is 245 g/mol. The number of benzene rings is 1. The Morgan fingerprint density at radius 3 is 2.83 bits per heavy atom. The molecule has 0 aliphatic heterocycles. The highest BCUT2D eigenvalue weighted by Gasteiger charge is 2.09. The minimum atomic E-state index is -0.805. The number of carbonyl (C=O) groups is 1. The summed E-state index contributed by atoms with van der Waals surface area (Å²) in [5, 5.41) is 0. The van der Waals surface area contributed by atoms with Gasteiger partial charge in [0.2, 0.25) is 0 Å². The highest BCUT2D eigenvalue weighted by Crippen LogP contribution is 2.19. The maximum absolute atomic E-state index is 11.6. The van der Waals surface area contributed by atoms with Crippen molar-refractivity contribution in [1.82, 2.24) is 9.97 Å². The highest BCUT2D eigenvalue weighted by molar-refractivity contribution is 5.92. The van der Waals surface area contributed by atoms with Crippen LogP contribution in [-0.2, 0) is 0 Å². The Morgan fingerprint density at radius 1 is 1.44 bits per heavy atom. The standard InChI is InChI=1S/C12H11N3O3/c1-18-8-4-2-3-7(5-8)11-14-6-9(10(13)16)12(17)15-11/h2-6H,1H3,(H2,13,16)(H,14,15,17). The van der Waals surface area contributed by atoms with Gasteiger partial charge in [0.1, 0.15) is 17.1 Å². The third-order valence-electron chi connectivity index (χ3n) is 2.41. The Kier molecular flexibility index (Phi) is 3.09. The normalized spacial score (nSPS) is 10.1. The summed E-state index contributed by atoms with van der Waals surface area (Å²) in [6, 6.07) is 7.04. The fourth-order valence-electron chi connectivity index (χ4n) is 1.49. The van der Waals surface area contributed by atoms with Crippen molar-refractivity contribution in [3.05, 3.63) is 46.4 Å². The maximum atomic E-state index is 11.6. The van der Waals surface area contributed by atoms with E-state index in [2.05, 4.69) is 9.97 Å². The Balaban J connectivity index is 2.48. The number of primary amides is 1. The number of hydrogen-bond donors (Lipinski definition) is 2. The molecule has 1 amide bonds. The van der Waals surface area contributed by atoms with Gasteiger partial charge in [-0.15, -0.1) is 0 Å². The van der Waals surface area contributed by atoms with Crippen LogP contribution in [-0.4, -0.2) is 23.0 Å². The van der Waals surface area contributed by atoms with Crippen LogP contribution in [0.5, 0.6) is 5.75 Å². The van der Waals surface area contributed by atoms with Gasteiger partial charge in [0.05, 0.1) is 7.11 Å². The molecule has 2 rings (SSSR count). The van der Waals surface area contributed by atoms with Crippen LogP contribution in [0.4, 0.5) is 0 Å². The fraction of sp³-hybridized carbons (Fsp3) is 0.0833. The van der Waals surface area contributed by atoms with Crippen molar-refractivity contribution in [2.75, 3.05) is 7.11 Å². The molecule has 1 aromatic heterocycles. The van der Waals surface area contributed by atoms with Crippen LogP contribution in [0, 0.1) is 0 Å². The molecule has 0 spiro atoms. The van der Waals surface area contributed by atoms with Gasteiger partial charge < -0.3 is 15.5 Å². The first kappa shape index (κ1) is 11.8. The number of amides is 1. The summed E-state index contributed by atoms with van der Waals surface area (Å²) in [4.78, 5) is 29.0. The first-order valence-electron chi connectivity index (χ1n) is 5.15. The average Bonchev–Trinajstić information content (AvgIpc) is 2.38. The van der Waals surface area contributed by atoms with Crippen LogP contribution in [0.2, 0.25) is 0 Å². The Morgan fingerprint density at radius 2 is 2.22 bits per heavy atom. The number of methoxy groups -OCH3 is 1. The molecule has 0 saturated heterocycles. The van der Waals surface area contributed by atoms with Crippen LogP contribution >= 0.6 is 0 Å². The third kappa shape index (κ3) is 2.22. The van der Waals surface area contributed by atoms with Crippen molar-refractivity contribution in [3.63, 3.8) is 0 Å². The molecule has 0 fully saturated rings. The Hall–Kier alpha value is -2.63. The van der Waals surface area contributed by atoms with Crippen LogP contribution in [0.1, 0.15) is 10.4 Å². The van der Waals surface area contributed by atoms with Crippen LogP contribution in [0.25, 0.3) is 11.4 Å². The molecule has 3 N–H and O–H groups in total. The molecular formula is C12H11N3O3. The summed E-state index contributed by atoms with van der Waals surface area (Å²) in [6.45, 7) is 0. The summed E-state index contributed by atoms with van der Waals surface area (Å²) in [7, 11) is 1.55. The van der Waals surface area contributed by atoms with E-state index in [-0.39, 0.29) is 5.56 Å². The molecule has 0 unspecified atom stereocenters. The van der Waals surface area contributed by atoms with E-state index >= 15 is 0 Å². The van der Waals surface area contributed by atoms with Crippen molar-refractivity contribution in [1.29, 1.82) is 0 Å². The lowest BCUT2D eigenvalue weighted by molar-refractivity contribution is 0.0998. The van der Waals surface area contributed by atoms with Crippen molar-refractivity contribution >= 4 is 5.91 Å². The number of nitrogens with zero attached hydrogens (tertiary/aromatic N) is 1. The topological polar surface area (TPSA) is 98.1 Å². The van der Waals surface area contributed by atoms with Gasteiger partial charge >= 0.3 is 0 Å². The molecule has 92 valence electrons. The number of ether oxygens (including phenoxy) is 1. The summed E-state index contributed by atoms with van der Waals surface area (Å²) in [5.74, 6) is 0.193. The molecule has 0 atom stereocenters. The second-order valence-corrected chi connectivity index (χ2v) is 3.57. The zero-order valence-corrected chi connectivity index (χ0v) is 9.64. The zero-order valence-electron chi connectivity index (χ0n) is 9.64. The molecule has 6 nitrogen and oxygen atoms in total. The van der Waals surface area contributed by atoms with E-state index in [9.17, 15) is 9.59 Å². The summed E-state index contributed by atoms with van der Waals surface area (Å²) in [5.41, 5.74) is 4.99. The van der Waals surface area contributed by atoms with E-state index in [0.29, 0.717) is 17.1 Å². The van der Waals surface area contributed by atoms with E-state index in [1.54, 1.807) is 31.4 Å². The molecule has 0 aliphatic rings. The predicted octanol–water partition coefficient (Wildman–Crippen LogP) is 0.544. The number of nitrogens with one attached hydrogen (secondary N) is 1. The van der Waals surface area contributed by atoms with Gasteiger partial charge in [0.15, 0.2) is 0 Å². The fourth-order valence-corrected chi connectivity index (χ4v) is 1.49. The lowest BCUT2D eigenvalue weighted by atomic mass is 10.2. The molecule has 0 saturated carbocycles. The first-order chi connectivity index (χ1) is 8.61. The molecule has 0 aliphatic carbocycles. The van der Waals surface area contributed by atoms with E-state index in [1.165, 1.54) is 0 Å². The van der Waals surface area contributed by atoms with E-state index in [4.69, 9.17) is 10.5 Å². The minimum Gasteiger partial charge on any atom is -0.497 e. The number of hydrogen-bond acceptors (Lipinski definition) is 4.